The number of fused-ring (bicyclic) bond motifs is 1. The van der Waals surface area contributed by atoms with Crippen LogP contribution in [-0.4, -0.2) is 40.2 Å². The van der Waals surface area contributed by atoms with E-state index in [2.05, 4.69) is 82.9 Å². The lowest BCUT2D eigenvalue weighted by Crippen LogP contribution is -2.52. The lowest BCUT2D eigenvalue weighted by molar-refractivity contribution is 0.548. The molecule has 6 heteroatoms. The second-order valence-electron chi connectivity index (χ2n) is 9.48. The van der Waals surface area contributed by atoms with Crippen molar-refractivity contribution in [2.24, 2.45) is 0 Å². The lowest BCUT2D eigenvalue weighted by atomic mass is 10.1. The Bertz CT molecular complexity index is 1490. The van der Waals surface area contributed by atoms with Crippen molar-refractivity contribution in [3.05, 3.63) is 102 Å². The molecule has 3 aromatic carbocycles. The number of hydrogen-bond acceptors (Lipinski definition) is 4. The molecule has 180 valence electrons. The third-order valence-electron chi connectivity index (χ3n) is 7.05. The summed E-state index contributed by atoms with van der Waals surface area (Å²) < 4.78 is 2.14. The molecule has 36 heavy (non-hydrogen) atoms. The van der Waals surface area contributed by atoms with Crippen molar-refractivity contribution in [2.45, 2.75) is 19.9 Å². The molecule has 1 aliphatic heterocycles. The number of nitrogens with zero attached hydrogens (tertiary/aromatic N) is 5. The number of hydrogen-bond donors (Lipinski definition) is 0. The normalized spacial score (nSPS) is 16.0. The van der Waals surface area contributed by atoms with Gasteiger partial charge in [-0.1, -0.05) is 59.6 Å². The minimum Gasteiger partial charge on any atom is -0.365 e. The standard InChI is InChI=1S/C30H28ClN5/c1-21-8-12-25(13-9-21)35-17-16-34(18-22(35)2)29-28-27(23-6-4-3-5-7-23)19-36(30(28)33-20-32-29)26-14-10-24(31)11-15-26/h3-15,19-20,22H,16-18H2,1-2H3/t22-/m0/s1. The van der Waals surface area contributed by atoms with Gasteiger partial charge in [0.05, 0.1) is 5.39 Å². The first kappa shape index (κ1) is 22.6. The van der Waals surface area contributed by atoms with Crippen molar-refractivity contribution in [2.75, 3.05) is 29.4 Å². The summed E-state index contributed by atoms with van der Waals surface area (Å²) in [6, 6.07) is 27.6. The summed E-state index contributed by atoms with van der Waals surface area (Å²) in [7, 11) is 0. The first-order chi connectivity index (χ1) is 17.6. The number of piperazine rings is 1. The van der Waals surface area contributed by atoms with Crippen LogP contribution in [0.1, 0.15) is 12.5 Å². The molecule has 5 aromatic rings. The molecule has 6 rings (SSSR count). The number of rotatable bonds is 4. The molecule has 3 heterocycles. The van der Waals surface area contributed by atoms with Crippen molar-refractivity contribution in [1.82, 2.24) is 14.5 Å². The molecule has 1 saturated heterocycles. The van der Waals surface area contributed by atoms with Crippen LogP contribution in [0.5, 0.6) is 0 Å². The van der Waals surface area contributed by atoms with Gasteiger partial charge in [-0.15, -0.1) is 0 Å². The van der Waals surface area contributed by atoms with Crippen LogP contribution in [0.3, 0.4) is 0 Å². The Morgan fingerprint density at radius 2 is 1.56 bits per heavy atom. The fourth-order valence-electron chi connectivity index (χ4n) is 5.19. The molecular formula is C30H28ClN5. The first-order valence-electron chi connectivity index (χ1n) is 12.3. The Kier molecular flexibility index (Phi) is 5.86. The zero-order valence-electron chi connectivity index (χ0n) is 20.5. The molecule has 0 spiro atoms. The largest absolute Gasteiger partial charge is 0.365 e. The fourth-order valence-corrected chi connectivity index (χ4v) is 5.32. The van der Waals surface area contributed by atoms with E-state index in [4.69, 9.17) is 21.6 Å². The summed E-state index contributed by atoms with van der Waals surface area (Å²) in [5.74, 6) is 0.988. The van der Waals surface area contributed by atoms with Crippen LogP contribution in [0.2, 0.25) is 5.02 Å². The maximum absolute atomic E-state index is 6.18. The molecule has 1 fully saturated rings. The number of anilines is 2. The Labute approximate surface area is 216 Å². The molecule has 0 radical (unpaired) electrons. The summed E-state index contributed by atoms with van der Waals surface area (Å²) in [6.45, 7) is 7.15. The smallest absolute Gasteiger partial charge is 0.150 e. The van der Waals surface area contributed by atoms with Crippen LogP contribution >= 0.6 is 11.6 Å². The second kappa shape index (κ2) is 9.32. The molecule has 2 aromatic heterocycles. The van der Waals surface area contributed by atoms with Crippen molar-refractivity contribution in [1.29, 1.82) is 0 Å². The van der Waals surface area contributed by atoms with Crippen molar-refractivity contribution >= 4 is 34.1 Å². The molecule has 5 nitrogen and oxygen atoms in total. The van der Waals surface area contributed by atoms with E-state index in [1.165, 1.54) is 11.3 Å². The van der Waals surface area contributed by atoms with Crippen LogP contribution in [-0.2, 0) is 0 Å². The third kappa shape index (κ3) is 4.10. The molecule has 0 bridgehead atoms. The van der Waals surface area contributed by atoms with E-state index in [9.17, 15) is 0 Å². The van der Waals surface area contributed by atoms with Gasteiger partial charge in [-0.05, 0) is 55.8 Å². The Hall–Kier alpha value is -3.83. The van der Waals surface area contributed by atoms with Crippen molar-refractivity contribution in [3.63, 3.8) is 0 Å². The van der Waals surface area contributed by atoms with E-state index in [0.717, 1.165) is 53.3 Å². The van der Waals surface area contributed by atoms with Crippen molar-refractivity contribution < 1.29 is 0 Å². The first-order valence-corrected chi connectivity index (χ1v) is 12.7. The highest BCUT2D eigenvalue weighted by Crippen LogP contribution is 2.37. The van der Waals surface area contributed by atoms with Gasteiger partial charge < -0.3 is 14.4 Å². The number of aromatic nitrogens is 3. The monoisotopic (exact) mass is 493 g/mol. The van der Waals surface area contributed by atoms with E-state index in [0.29, 0.717) is 11.1 Å². The van der Waals surface area contributed by atoms with Crippen LogP contribution in [0, 0.1) is 6.92 Å². The minimum atomic E-state index is 0.352. The Balaban J connectivity index is 1.43. The highest BCUT2D eigenvalue weighted by molar-refractivity contribution is 6.30. The number of benzene rings is 3. The van der Waals surface area contributed by atoms with Gasteiger partial charge in [0.1, 0.15) is 12.1 Å². The molecule has 1 aliphatic rings. The van der Waals surface area contributed by atoms with Crippen LogP contribution in [0.25, 0.3) is 27.8 Å². The van der Waals surface area contributed by atoms with Gasteiger partial charge in [-0.2, -0.15) is 0 Å². The van der Waals surface area contributed by atoms with Gasteiger partial charge in [-0.25, -0.2) is 9.97 Å². The summed E-state index contributed by atoms with van der Waals surface area (Å²) >= 11 is 6.18. The van der Waals surface area contributed by atoms with Gasteiger partial charge >= 0.3 is 0 Å². The quantitative estimate of drug-likeness (QED) is 0.277. The fraction of sp³-hybridized carbons (Fsp3) is 0.200. The molecule has 0 aliphatic carbocycles. The Morgan fingerprint density at radius 1 is 0.833 bits per heavy atom. The lowest BCUT2D eigenvalue weighted by Gasteiger charge is -2.42. The molecule has 0 saturated carbocycles. The van der Waals surface area contributed by atoms with Gasteiger partial charge in [0.15, 0.2) is 5.65 Å². The zero-order chi connectivity index (χ0) is 24.6. The molecule has 0 amide bonds. The third-order valence-corrected chi connectivity index (χ3v) is 7.30. The Morgan fingerprint density at radius 3 is 2.28 bits per heavy atom. The van der Waals surface area contributed by atoms with E-state index < -0.39 is 0 Å². The molecule has 0 N–H and O–H groups in total. The highest BCUT2D eigenvalue weighted by atomic mass is 35.5. The topological polar surface area (TPSA) is 37.2 Å². The predicted molar refractivity (Wildman–Crippen MR) is 150 cm³/mol. The van der Waals surface area contributed by atoms with E-state index in [1.807, 2.05) is 30.3 Å². The summed E-state index contributed by atoms with van der Waals surface area (Å²) in [5, 5.41) is 1.80. The number of aryl methyl sites for hydroxylation is 1. The molecule has 1 atom stereocenters. The minimum absolute atomic E-state index is 0.352. The van der Waals surface area contributed by atoms with Crippen molar-refractivity contribution in [3.8, 4) is 16.8 Å². The molecular weight excluding hydrogens is 466 g/mol. The average Bonchev–Trinajstić information content (AvgIpc) is 3.30. The van der Waals surface area contributed by atoms with Crippen LogP contribution < -0.4 is 9.80 Å². The second-order valence-corrected chi connectivity index (χ2v) is 9.91. The van der Waals surface area contributed by atoms with Crippen LogP contribution in [0.15, 0.2) is 91.4 Å². The molecule has 0 unspecified atom stereocenters. The van der Waals surface area contributed by atoms with Crippen LogP contribution in [0.4, 0.5) is 11.5 Å². The summed E-state index contributed by atoms with van der Waals surface area (Å²) in [4.78, 5) is 14.5. The van der Waals surface area contributed by atoms with E-state index in [-0.39, 0.29) is 0 Å². The van der Waals surface area contributed by atoms with E-state index >= 15 is 0 Å². The SMILES string of the molecule is Cc1ccc(N2CCN(c3ncnc4c3c(-c3ccccc3)cn4-c3ccc(Cl)cc3)C[C@@H]2C)cc1. The van der Waals surface area contributed by atoms with Gasteiger partial charge in [-0.3, -0.25) is 0 Å². The van der Waals surface area contributed by atoms with Gasteiger partial charge in [0.2, 0.25) is 0 Å². The number of halogens is 1. The maximum Gasteiger partial charge on any atom is 0.150 e. The zero-order valence-corrected chi connectivity index (χ0v) is 21.2. The van der Waals surface area contributed by atoms with Gasteiger partial charge in [0, 0.05) is 53.8 Å². The van der Waals surface area contributed by atoms with Gasteiger partial charge in [0.25, 0.3) is 0 Å². The van der Waals surface area contributed by atoms with E-state index in [1.54, 1.807) is 6.33 Å². The average molecular weight is 494 g/mol. The highest BCUT2D eigenvalue weighted by Gasteiger charge is 2.28. The maximum atomic E-state index is 6.18. The predicted octanol–water partition coefficient (Wildman–Crippen LogP) is 6.76. The summed E-state index contributed by atoms with van der Waals surface area (Å²) in [5.41, 5.74) is 6.76. The summed E-state index contributed by atoms with van der Waals surface area (Å²) in [6.07, 6.45) is 3.86.